The highest BCUT2D eigenvalue weighted by molar-refractivity contribution is 5.99. The minimum atomic E-state index is -0.633. The van der Waals surface area contributed by atoms with Crippen molar-refractivity contribution < 1.29 is 23.1 Å². The van der Waals surface area contributed by atoms with Crippen molar-refractivity contribution in [1.29, 1.82) is 0 Å². The number of nitrogens with zero attached hydrogens (tertiary/aromatic N) is 1. The third-order valence-corrected chi connectivity index (χ3v) is 5.86. The number of amides is 1. The topological polar surface area (TPSA) is 69.0 Å². The largest absolute Gasteiger partial charge is 0.494 e. The van der Waals surface area contributed by atoms with E-state index in [-0.39, 0.29) is 34.3 Å². The van der Waals surface area contributed by atoms with E-state index in [2.05, 4.69) is 0 Å². The van der Waals surface area contributed by atoms with Crippen molar-refractivity contribution >= 4 is 16.9 Å². The molecule has 3 heterocycles. The lowest BCUT2D eigenvalue weighted by Crippen LogP contribution is -2.36. The molecule has 31 heavy (non-hydrogen) atoms. The first-order valence-corrected chi connectivity index (χ1v) is 10.5. The molecule has 1 saturated heterocycles. The summed E-state index contributed by atoms with van der Waals surface area (Å²) in [5.41, 5.74) is 0.808. The van der Waals surface area contributed by atoms with Crippen LogP contribution in [0.5, 0.6) is 5.75 Å². The van der Waals surface area contributed by atoms with Crippen LogP contribution >= 0.6 is 0 Å². The zero-order chi connectivity index (χ0) is 21.5. The van der Waals surface area contributed by atoms with Crippen molar-refractivity contribution in [2.24, 2.45) is 0 Å². The number of hydrogen-bond acceptors (Lipinski definition) is 5. The van der Waals surface area contributed by atoms with Crippen LogP contribution in [0.3, 0.4) is 0 Å². The van der Waals surface area contributed by atoms with Crippen LogP contribution in [0.2, 0.25) is 0 Å². The van der Waals surface area contributed by atoms with Gasteiger partial charge in [0, 0.05) is 13.2 Å². The van der Waals surface area contributed by atoms with Gasteiger partial charge in [-0.05, 0) is 55.7 Å². The van der Waals surface area contributed by atoms with Crippen LogP contribution in [-0.4, -0.2) is 36.7 Å². The van der Waals surface area contributed by atoms with E-state index in [1.807, 2.05) is 31.2 Å². The summed E-state index contributed by atoms with van der Waals surface area (Å²) in [7, 11) is 0. The molecule has 1 fully saturated rings. The lowest BCUT2D eigenvalue weighted by Gasteiger charge is -2.27. The predicted octanol–water partition coefficient (Wildman–Crippen LogP) is 4.06. The zero-order valence-electron chi connectivity index (χ0n) is 17.1. The molecule has 3 aromatic rings. The molecule has 2 aromatic carbocycles. The van der Waals surface area contributed by atoms with Gasteiger partial charge in [-0.3, -0.25) is 9.59 Å². The molecule has 0 bridgehead atoms. The maximum absolute atomic E-state index is 13.8. The van der Waals surface area contributed by atoms with E-state index >= 15 is 0 Å². The molecule has 2 aliphatic heterocycles. The number of benzene rings is 2. The average molecular weight is 423 g/mol. The average Bonchev–Trinajstić information content (AvgIpc) is 3.37. The Labute approximate surface area is 178 Å². The molecule has 0 unspecified atom stereocenters. The van der Waals surface area contributed by atoms with E-state index in [1.165, 1.54) is 12.1 Å². The summed E-state index contributed by atoms with van der Waals surface area (Å²) < 4.78 is 30.9. The lowest BCUT2D eigenvalue weighted by molar-refractivity contribution is 0.0486. The van der Waals surface area contributed by atoms with E-state index in [9.17, 15) is 14.0 Å². The van der Waals surface area contributed by atoms with Gasteiger partial charge in [0.25, 0.3) is 5.91 Å². The molecular formula is C24H22FNO5. The number of rotatable bonds is 5. The molecule has 7 heteroatoms. The van der Waals surface area contributed by atoms with E-state index in [0.717, 1.165) is 24.5 Å². The SMILES string of the molecule is CCOc1ccc([C@H]2c3c(oc4ccc(F)cc4c3=O)C(=O)N2C[C@H]2CCCO2)cc1. The highest BCUT2D eigenvalue weighted by Crippen LogP contribution is 2.39. The Hall–Kier alpha value is -3.19. The number of carbonyl (C=O) groups is 1. The van der Waals surface area contributed by atoms with Gasteiger partial charge in [0.2, 0.25) is 5.76 Å². The second kappa shape index (κ2) is 7.81. The van der Waals surface area contributed by atoms with Gasteiger partial charge in [-0.1, -0.05) is 12.1 Å². The molecule has 5 rings (SSSR count). The molecule has 1 amide bonds. The van der Waals surface area contributed by atoms with Crippen molar-refractivity contribution in [2.75, 3.05) is 19.8 Å². The summed E-state index contributed by atoms with van der Waals surface area (Å²) in [5.74, 6) is -0.166. The molecule has 0 spiro atoms. The zero-order valence-corrected chi connectivity index (χ0v) is 17.1. The second-order valence-corrected chi connectivity index (χ2v) is 7.81. The van der Waals surface area contributed by atoms with Crippen LogP contribution < -0.4 is 10.2 Å². The first-order chi connectivity index (χ1) is 15.1. The fourth-order valence-corrected chi connectivity index (χ4v) is 4.45. The fourth-order valence-electron chi connectivity index (χ4n) is 4.45. The van der Waals surface area contributed by atoms with Crippen LogP contribution in [0, 0.1) is 5.82 Å². The Morgan fingerprint density at radius 2 is 1.97 bits per heavy atom. The number of halogens is 1. The molecule has 1 aromatic heterocycles. The Kier molecular flexibility index (Phi) is 4.98. The second-order valence-electron chi connectivity index (χ2n) is 7.81. The maximum atomic E-state index is 13.8. The van der Waals surface area contributed by atoms with Crippen LogP contribution in [-0.2, 0) is 4.74 Å². The van der Waals surface area contributed by atoms with E-state index in [4.69, 9.17) is 13.9 Å². The van der Waals surface area contributed by atoms with Gasteiger partial charge in [-0.25, -0.2) is 4.39 Å². The van der Waals surface area contributed by atoms with Gasteiger partial charge in [-0.2, -0.15) is 0 Å². The van der Waals surface area contributed by atoms with Crippen molar-refractivity contribution in [2.45, 2.75) is 31.9 Å². The highest BCUT2D eigenvalue weighted by atomic mass is 19.1. The van der Waals surface area contributed by atoms with Gasteiger partial charge in [-0.15, -0.1) is 0 Å². The minimum absolute atomic E-state index is 0.0148. The molecule has 2 aliphatic rings. The van der Waals surface area contributed by atoms with Gasteiger partial charge < -0.3 is 18.8 Å². The first kappa shape index (κ1) is 19.8. The molecule has 2 atom stereocenters. The molecule has 0 N–H and O–H groups in total. The molecule has 0 aliphatic carbocycles. The molecule has 6 nitrogen and oxygen atoms in total. The first-order valence-electron chi connectivity index (χ1n) is 10.5. The monoisotopic (exact) mass is 423 g/mol. The number of fused-ring (bicyclic) bond motifs is 2. The quantitative estimate of drug-likeness (QED) is 0.619. The summed E-state index contributed by atoms with van der Waals surface area (Å²) in [6.45, 7) is 3.45. The van der Waals surface area contributed by atoms with E-state index in [1.54, 1.807) is 4.90 Å². The van der Waals surface area contributed by atoms with Crippen molar-refractivity contribution in [3.8, 4) is 5.75 Å². The Bertz CT molecular complexity index is 1200. The summed E-state index contributed by atoms with van der Waals surface area (Å²) in [6, 6.07) is 10.4. The fraction of sp³-hybridized carbons (Fsp3) is 0.333. The number of hydrogen-bond donors (Lipinski definition) is 0. The summed E-state index contributed by atoms with van der Waals surface area (Å²) >= 11 is 0. The van der Waals surface area contributed by atoms with Gasteiger partial charge in [0.1, 0.15) is 17.1 Å². The highest BCUT2D eigenvalue weighted by Gasteiger charge is 2.43. The van der Waals surface area contributed by atoms with Crippen LogP contribution in [0.15, 0.2) is 51.7 Å². The molecule has 160 valence electrons. The van der Waals surface area contributed by atoms with Gasteiger partial charge >= 0.3 is 0 Å². The van der Waals surface area contributed by atoms with Crippen LogP contribution in [0.4, 0.5) is 4.39 Å². The lowest BCUT2D eigenvalue weighted by atomic mass is 9.98. The molecule has 0 saturated carbocycles. The Morgan fingerprint density at radius 1 is 1.16 bits per heavy atom. The number of ether oxygens (including phenoxy) is 2. The van der Waals surface area contributed by atoms with Gasteiger partial charge in [0.05, 0.1) is 29.7 Å². The van der Waals surface area contributed by atoms with Crippen LogP contribution in [0.25, 0.3) is 11.0 Å². The molecule has 0 radical (unpaired) electrons. The van der Waals surface area contributed by atoms with Crippen molar-refractivity contribution in [1.82, 2.24) is 4.90 Å². The Balaban J connectivity index is 1.66. The van der Waals surface area contributed by atoms with Crippen molar-refractivity contribution in [3.05, 3.63) is 75.4 Å². The predicted molar refractivity (Wildman–Crippen MR) is 112 cm³/mol. The minimum Gasteiger partial charge on any atom is -0.494 e. The van der Waals surface area contributed by atoms with Crippen molar-refractivity contribution in [3.63, 3.8) is 0 Å². The van der Waals surface area contributed by atoms with E-state index < -0.39 is 17.3 Å². The third-order valence-electron chi connectivity index (χ3n) is 5.86. The van der Waals surface area contributed by atoms with Crippen LogP contribution in [0.1, 0.15) is 47.5 Å². The third kappa shape index (κ3) is 3.39. The van der Waals surface area contributed by atoms with Gasteiger partial charge in [0.15, 0.2) is 5.43 Å². The summed E-state index contributed by atoms with van der Waals surface area (Å²) in [4.78, 5) is 28.4. The molecular weight excluding hydrogens is 401 g/mol. The maximum Gasteiger partial charge on any atom is 0.291 e. The summed E-state index contributed by atoms with van der Waals surface area (Å²) in [5, 5.41) is 0.126. The Morgan fingerprint density at radius 3 is 2.68 bits per heavy atom. The standard InChI is InChI=1S/C24H22FNO5/c1-2-29-16-8-5-14(6-9-16)21-20-22(27)18-12-15(25)7-10-19(18)31-23(20)24(28)26(21)13-17-4-3-11-30-17/h5-10,12,17,21H,2-4,11,13H2,1H3/t17-,21+/m1/s1. The smallest absolute Gasteiger partial charge is 0.291 e. The summed E-state index contributed by atoms with van der Waals surface area (Å²) in [6.07, 6.45) is 1.70. The van der Waals surface area contributed by atoms with E-state index in [0.29, 0.717) is 25.5 Å². The number of carbonyl (C=O) groups excluding carboxylic acids is 1. The normalized spacial score (nSPS) is 20.5.